The Morgan fingerprint density at radius 1 is 1.00 bits per heavy atom. The number of primary amides is 1. The molecule has 12 nitrogen and oxygen atoms in total. The minimum Gasteiger partial charge on any atom is -0.449 e. The molecule has 0 spiro atoms. The zero-order chi connectivity index (χ0) is 30.7. The van der Waals surface area contributed by atoms with E-state index in [4.69, 9.17) is 15.5 Å². The summed E-state index contributed by atoms with van der Waals surface area (Å²) in [5.74, 6) is 0.203. The van der Waals surface area contributed by atoms with E-state index in [1.54, 1.807) is 15.9 Å². The lowest BCUT2D eigenvalue weighted by molar-refractivity contribution is -0.136. The Labute approximate surface area is 252 Å². The van der Waals surface area contributed by atoms with E-state index >= 15 is 0 Å². The van der Waals surface area contributed by atoms with Crippen molar-refractivity contribution in [3.05, 3.63) is 42.1 Å². The maximum absolute atomic E-state index is 13.7. The van der Waals surface area contributed by atoms with Gasteiger partial charge >= 0.3 is 6.09 Å². The first-order valence-corrected chi connectivity index (χ1v) is 15.2. The second-order valence-corrected chi connectivity index (χ2v) is 11.9. The first-order valence-electron chi connectivity index (χ1n) is 15.2. The van der Waals surface area contributed by atoms with Gasteiger partial charge in [0.1, 0.15) is 17.6 Å². The van der Waals surface area contributed by atoms with Crippen molar-refractivity contribution in [3.63, 3.8) is 0 Å². The molecule has 3 N–H and O–H groups in total. The third-order valence-electron chi connectivity index (χ3n) is 8.62. The number of amides is 4. The van der Waals surface area contributed by atoms with Crippen LogP contribution in [0, 0.1) is 23.7 Å². The van der Waals surface area contributed by atoms with Crippen LogP contribution >= 0.6 is 0 Å². The van der Waals surface area contributed by atoms with Crippen LogP contribution in [0.4, 0.5) is 10.6 Å². The van der Waals surface area contributed by atoms with E-state index in [1.807, 2.05) is 51.1 Å². The zero-order valence-corrected chi connectivity index (χ0v) is 25.1. The van der Waals surface area contributed by atoms with E-state index in [1.165, 1.54) is 0 Å². The molecule has 2 saturated heterocycles. The number of ether oxygens (including phenoxy) is 1. The van der Waals surface area contributed by atoms with E-state index in [2.05, 4.69) is 15.2 Å². The minimum absolute atomic E-state index is 0.0965. The number of aromatic nitrogens is 2. The largest absolute Gasteiger partial charge is 0.449 e. The molecule has 4 atom stereocenters. The number of nitrogens with one attached hydrogen (secondary N) is 1. The number of benzene rings is 1. The number of nitrogens with zero attached hydrogens (tertiary/aromatic N) is 5. The van der Waals surface area contributed by atoms with E-state index in [0.29, 0.717) is 57.5 Å². The molecule has 1 aromatic carbocycles. The van der Waals surface area contributed by atoms with Crippen molar-refractivity contribution in [1.82, 2.24) is 25.1 Å². The summed E-state index contributed by atoms with van der Waals surface area (Å²) in [6.45, 7) is 8.93. The Morgan fingerprint density at radius 3 is 2.26 bits per heavy atom. The van der Waals surface area contributed by atoms with E-state index in [9.17, 15) is 19.2 Å². The van der Waals surface area contributed by atoms with Gasteiger partial charge < -0.3 is 30.5 Å². The average Bonchev–Trinajstić information content (AvgIpc) is 3.53. The predicted octanol–water partition coefficient (Wildman–Crippen LogP) is 2.15. The van der Waals surface area contributed by atoms with Gasteiger partial charge in [-0.3, -0.25) is 14.4 Å². The van der Waals surface area contributed by atoms with Crippen LogP contribution in [0.5, 0.6) is 0 Å². The van der Waals surface area contributed by atoms with Crippen molar-refractivity contribution in [2.24, 2.45) is 29.4 Å². The Morgan fingerprint density at radius 2 is 1.65 bits per heavy atom. The zero-order valence-electron chi connectivity index (χ0n) is 25.1. The van der Waals surface area contributed by atoms with Gasteiger partial charge in [0.05, 0.1) is 6.61 Å². The number of unbranched alkanes of at least 4 members (excludes halogenated alkanes) is 1. The first kappa shape index (κ1) is 30.2. The number of carbonyl (C=O) groups is 4. The fourth-order valence-corrected chi connectivity index (χ4v) is 5.99. The summed E-state index contributed by atoms with van der Waals surface area (Å²) in [7, 11) is 0. The second-order valence-electron chi connectivity index (χ2n) is 11.9. The molecule has 3 aliphatic rings. The van der Waals surface area contributed by atoms with Crippen molar-refractivity contribution in [2.45, 2.75) is 39.7 Å². The van der Waals surface area contributed by atoms with Gasteiger partial charge in [-0.15, -0.1) is 0 Å². The molecule has 230 valence electrons. The fourth-order valence-electron chi connectivity index (χ4n) is 5.99. The molecular weight excluding hydrogens is 550 g/mol. The quantitative estimate of drug-likeness (QED) is 0.399. The molecule has 1 saturated carbocycles. The van der Waals surface area contributed by atoms with Gasteiger partial charge in [-0.05, 0) is 24.2 Å². The Hall–Kier alpha value is -4.22. The summed E-state index contributed by atoms with van der Waals surface area (Å²) in [5, 5.41) is 2.93. The topological polar surface area (TPSA) is 151 Å². The summed E-state index contributed by atoms with van der Waals surface area (Å²) >= 11 is 0. The number of nitrogens with two attached hydrogens (primary N) is 1. The van der Waals surface area contributed by atoms with Crippen LogP contribution in [-0.4, -0.2) is 95.5 Å². The first-order chi connectivity index (χ1) is 20.7. The third kappa shape index (κ3) is 6.73. The Balaban J connectivity index is 1.28. The number of anilines is 1. The van der Waals surface area contributed by atoms with Crippen molar-refractivity contribution >= 4 is 29.6 Å². The van der Waals surface area contributed by atoms with Crippen LogP contribution in [0.3, 0.4) is 0 Å². The van der Waals surface area contributed by atoms with Crippen LogP contribution < -0.4 is 16.0 Å². The standard InChI is InChI=1S/C31H41N7O5/c1-4-5-15-43-31(42)37-13-11-36(12-14-37)30(41)26(19(2)3)35-29(40)23-16-24(34-28(33-23)20-9-7-6-8-10-20)38-17-21-22(18-38)25(21)27(32)39/h6-10,16,19,21-22,25-26H,4-5,11-15,17-18H2,1-3H3,(H2,32,39)(H,35,40)/t21-,22+,25-,26-/m0/s1. The molecule has 2 aliphatic heterocycles. The lowest BCUT2D eigenvalue weighted by Gasteiger charge is -2.36. The molecular formula is C31H41N7O5. The fraction of sp³-hybridized carbons (Fsp3) is 0.548. The molecule has 1 aromatic heterocycles. The molecule has 0 unspecified atom stereocenters. The normalized spacial score (nSPS) is 21.8. The van der Waals surface area contributed by atoms with E-state index < -0.39 is 11.9 Å². The molecule has 4 amide bonds. The number of piperidine rings is 1. The highest BCUT2D eigenvalue weighted by Gasteiger charge is 2.59. The van der Waals surface area contributed by atoms with Crippen LogP contribution in [0.15, 0.2) is 36.4 Å². The molecule has 1 aliphatic carbocycles. The molecule has 43 heavy (non-hydrogen) atoms. The maximum atomic E-state index is 13.7. The summed E-state index contributed by atoms with van der Waals surface area (Å²) in [5.41, 5.74) is 6.46. The molecule has 5 rings (SSSR count). The highest BCUT2D eigenvalue weighted by molar-refractivity contribution is 5.97. The maximum Gasteiger partial charge on any atom is 0.409 e. The number of hydrogen-bond acceptors (Lipinski definition) is 8. The highest BCUT2D eigenvalue weighted by Crippen LogP contribution is 2.52. The molecule has 12 heteroatoms. The molecule has 3 heterocycles. The summed E-state index contributed by atoms with van der Waals surface area (Å²) in [6, 6.07) is 10.3. The van der Waals surface area contributed by atoms with Gasteiger partial charge in [0.15, 0.2) is 5.82 Å². The van der Waals surface area contributed by atoms with Crippen molar-refractivity contribution < 1.29 is 23.9 Å². The minimum atomic E-state index is -0.773. The monoisotopic (exact) mass is 591 g/mol. The van der Waals surface area contributed by atoms with Crippen LogP contribution in [0.2, 0.25) is 0 Å². The molecule has 0 bridgehead atoms. The van der Waals surface area contributed by atoms with Gasteiger partial charge in [0.2, 0.25) is 11.8 Å². The van der Waals surface area contributed by atoms with Gasteiger partial charge in [0.25, 0.3) is 5.91 Å². The predicted molar refractivity (Wildman–Crippen MR) is 160 cm³/mol. The number of piperazine rings is 1. The summed E-state index contributed by atoms with van der Waals surface area (Å²) < 4.78 is 5.31. The smallest absolute Gasteiger partial charge is 0.409 e. The van der Waals surface area contributed by atoms with Crippen molar-refractivity contribution in [1.29, 1.82) is 0 Å². The SMILES string of the molecule is CCCCOC(=O)N1CCN(C(=O)[C@@H](NC(=O)c2cc(N3C[C@@H]4[C@H](C3)[C@@H]4C(N)=O)nc(-c3ccccc3)n2)C(C)C)CC1. The van der Waals surface area contributed by atoms with Gasteiger partial charge in [-0.25, -0.2) is 14.8 Å². The average molecular weight is 592 g/mol. The lowest BCUT2D eigenvalue weighted by atomic mass is 10.0. The third-order valence-corrected chi connectivity index (χ3v) is 8.62. The van der Waals surface area contributed by atoms with Crippen LogP contribution in [-0.2, 0) is 14.3 Å². The van der Waals surface area contributed by atoms with Gasteiger partial charge in [-0.1, -0.05) is 57.5 Å². The highest BCUT2D eigenvalue weighted by atomic mass is 16.6. The second kappa shape index (κ2) is 13.0. The van der Waals surface area contributed by atoms with Gasteiger partial charge in [-0.2, -0.15) is 0 Å². The molecule has 2 aromatic rings. The lowest BCUT2D eigenvalue weighted by Crippen LogP contribution is -2.57. The number of carbonyl (C=O) groups excluding carboxylic acids is 4. The molecule has 3 fully saturated rings. The number of fused-ring (bicyclic) bond motifs is 1. The molecule has 0 radical (unpaired) electrons. The van der Waals surface area contributed by atoms with E-state index in [-0.39, 0.29) is 47.3 Å². The number of rotatable bonds is 10. The van der Waals surface area contributed by atoms with E-state index in [0.717, 1.165) is 18.4 Å². The van der Waals surface area contributed by atoms with Crippen LogP contribution in [0.1, 0.15) is 44.1 Å². The van der Waals surface area contributed by atoms with Crippen molar-refractivity contribution in [2.75, 3.05) is 50.8 Å². The number of hydrogen-bond donors (Lipinski definition) is 2. The Kier molecular flexibility index (Phi) is 9.12. The van der Waals surface area contributed by atoms with Gasteiger partial charge in [0, 0.05) is 56.8 Å². The Bertz CT molecular complexity index is 1330. The van der Waals surface area contributed by atoms with Crippen LogP contribution in [0.25, 0.3) is 11.4 Å². The van der Waals surface area contributed by atoms with Crippen molar-refractivity contribution in [3.8, 4) is 11.4 Å². The summed E-state index contributed by atoms with van der Waals surface area (Å²) in [4.78, 5) is 66.0. The summed E-state index contributed by atoms with van der Waals surface area (Å²) in [6.07, 6.45) is 1.40.